The van der Waals surface area contributed by atoms with Crippen LogP contribution in [0.3, 0.4) is 0 Å². The zero-order valence-corrected chi connectivity index (χ0v) is 18.4. The van der Waals surface area contributed by atoms with Gasteiger partial charge < -0.3 is 10.1 Å². The van der Waals surface area contributed by atoms with Gasteiger partial charge in [-0.2, -0.15) is 5.10 Å². The molecule has 0 saturated carbocycles. The molecule has 162 valence electrons. The maximum Gasteiger partial charge on any atom is 0.339 e. The number of ether oxygens (including phenoxy) is 1. The lowest BCUT2D eigenvalue weighted by molar-refractivity contribution is -0.123. The first-order chi connectivity index (χ1) is 14.8. The van der Waals surface area contributed by atoms with Crippen LogP contribution in [0.15, 0.2) is 30.5 Å². The van der Waals surface area contributed by atoms with Gasteiger partial charge in [-0.3, -0.25) is 9.78 Å². The van der Waals surface area contributed by atoms with Gasteiger partial charge in [0.2, 0.25) is 0 Å². The number of esters is 1. The van der Waals surface area contributed by atoms with E-state index in [9.17, 15) is 9.59 Å². The highest BCUT2D eigenvalue weighted by atomic mass is 16.5. The molecule has 1 aliphatic carbocycles. The molecule has 2 heterocycles. The van der Waals surface area contributed by atoms with Crippen molar-refractivity contribution in [3.05, 3.63) is 52.8 Å². The zero-order chi connectivity index (χ0) is 22.1. The predicted molar refractivity (Wildman–Crippen MR) is 119 cm³/mol. The molecular formula is C24H28N4O3. The van der Waals surface area contributed by atoms with Crippen molar-refractivity contribution in [2.75, 3.05) is 5.32 Å². The smallest absolute Gasteiger partial charge is 0.339 e. The molecule has 7 nitrogen and oxygen atoms in total. The van der Waals surface area contributed by atoms with Crippen LogP contribution in [0.1, 0.15) is 66.8 Å². The molecular weight excluding hydrogens is 392 g/mol. The van der Waals surface area contributed by atoms with E-state index in [1.54, 1.807) is 23.9 Å². The lowest BCUT2D eigenvalue weighted by Crippen LogP contribution is -2.31. The number of aromatic nitrogens is 3. The summed E-state index contributed by atoms with van der Waals surface area (Å²) in [6.07, 6.45) is 4.41. The molecule has 0 fully saturated rings. The second kappa shape index (κ2) is 8.49. The van der Waals surface area contributed by atoms with Crippen LogP contribution in [-0.2, 0) is 22.4 Å². The number of fused-ring (bicyclic) bond motifs is 2. The normalized spacial score (nSPS) is 14.4. The summed E-state index contributed by atoms with van der Waals surface area (Å²) in [5, 5.41) is 7.81. The minimum Gasteiger partial charge on any atom is -0.449 e. The molecule has 3 aromatic rings. The fourth-order valence-corrected chi connectivity index (χ4v) is 4.10. The Balaban J connectivity index is 1.61. The summed E-state index contributed by atoms with van der Waals surface area (Å²) >= 11 is 0. The predicted octanol–water partition coefficient (Wildman–Crippen LogP) is 4.38. The number of aryl methyl sites for hydroxylation is 2. The van der Waals surface area contributed by atoms with Gasteiger partial charge in [0.15, 0.2) is 6.10 Å². The number of anilines is 1. The second-order valence-corrected chi connectivity index (χ2v) is 8.43. The molecule has 0 bridgehead atoms. The average Bonchev–Trinajstić information content (AvgIpc) is 3.20. The summed E-state index contributed by atoms with van der Waals surface area (Å²) in [6.45, 7) is 7.53. The van der Waals surface area contributed by atoms with Crippen LogP contribution in [0.25, 0.3) is 10.9 Å². The van der Waals surface area contributed by atoms with E-state index in [0.717, 1.165) is 53.4 Å². The molecule has 0 radical (unpaired) electrons. The topological polar surface area (TPSA) is 86.1 Å². The molecule has 1 aromatic carbocycles. The van der Waals surface area contributed by atoms with Gasteiger partial charge in [-0.05, 0) is 71.1 Å². The molecule has 1 aliphatic rings. The third kappa shape index (κ3) is 4.17. The quantitative estimate of drug-likeness (QED) is 0.619. The van der Waals surface area contributed by atoms with Gasteiger partial charge in [-0.25, -0.2) is 9.48 Å². The number of carbonyl (C=O) groups is 2. The van der Waals surface area contributed by atoms with Crippen LogP contribution in [0.4, 0.5) is 5.82 Å². The average molecular weight is 421 g/mol. The van der Waals surface area contributed by atoms with Crippen LogP contribution < -0.4 is 5.32 Å². The van der Waals surface area contributed by atoms with Gasteiger partial charge in [0.1, 0.15) is 5.82 Å². The third-order valence-corrected chi connectivity index (χ3v) is 5.69. The minimum atomic E-state index is -0.949. The summed E-state index contributed by atoms with van der Waals surface area (Å²) in [7, 11) is 0. The van der Waals surface area contributed by atoms with Crippen molar-refractivity contribution in [3.63, 3.8) is 0 Å². The second-order valence-electron chi connectivity index (χ2n) is 8.43. The van der Waals surface area contributed by atoms with Crippen LogP contribution >= 0.6 is 0 Å². The molecule has 2 aromatic heterocycles. The number of amides is 1. The van der Waals surface area contributed by atoms with E-state index in [1.807, 2.05) is 39.0 Å². The fraction of sp³-hybridized carbons (Fsp3) is 0.417. The van der Waals surface area contributed by atoms with Crippen molar-refractivity contribution in [1.82, 2.24) is 14.8 Å². The van der Waals surface area contributed by atoms with E-state index in [4.69, 9.17) is 9.72 Å². The van der Waals surface area contributed by atoms with Crippen molar-refractivity contribution >= 4 is 28.6 Å². The maximum atomic E-state index is 13.3. The van der Waals surface area contributed by atoms with Crippen LogP contribution in [0, 0.1) is 6.92 Å². The Morgan fingerprint density at radius 1 is 1.13 bits per heavy atom. The van der Waals surface area contributed by atoms with E-state index in [0.29, 0.717) is 11.4 Å². The zero-order valence-electron chi connectivity index (χ0n) is 18.4. The van der Waals surface area contributed by atoms with Gasteiger partial charge in [0.25, 0.3) is 5.91 Å². The number of nitrogens with one attached hydrogen (secondary N) is 1. The van der Waals surface area contributed by atoms with Crippen LogP contribution in [0.5, 0.6) is 0 Å². The minimum absolute atomic E-state index is 0.0982. The van der Waals surface area contributed by atoms with Crippen LogP contribution in [-0.4, -0.2) is 32.7 Å². The first kappa shape index (κ1) is 21.0. The van der Waals surface area contributed by atoms with E-state index < -0.39 is 12.1 Å². The highest BCUT2D eigenvalue weighted by Gasteiger charge is 2.27. The Morgan fingerprint density at radius 3 is 2.68 bits per heavy atom. The van der Waals surface area contributed by atoms with Crippen molar-refractivity contribution in [2.24, 2.45) is 0 Å². The Morgan fingerprint density at radius 2 is 1.90 bits per heavy atom. The molecule has 1 atom stereocenters. The third-order valence-electron chi connectivity index (χ3n) is 5.69. The molecule has 7 heteroatoms. The van der Waals surface area contributed by atoms with Gasteiger partial charge in [-0.1, -0.05) is 11.6 Å². The molecule has 31 heavy (non-hydrogen) atoms. The van der Waals surface area contributed by atoms with Crippen molar-refractivity contribution in [2.45, 2.75) is 65.5 Å². The van der Waals surface area contributed by atoms with Gasteiger partial charge in [-0.15, -0.1) is 0 Å². The summed E-state index contributed by atoms with van der Waals surface area (Å²) in [5.41, 5.74) is 4.31. The number of hydrogen-bond donors (Lipinski definition) is 1. The van der Waals surface area contributed by atoms with E-state index in [-0.39, 0.29) is 11.9 Å². The van der Waals surface area contributed by atoms with Gasteiger partial charge in [0, 0.05) is 23.2 Å². The van der Waals surface area contributed by atoms with E-state index >= 15 is 0 Å². The number of nitrogens with zero attached hydrogens (tertiary/aromatic N) is 3. The molecule has 1 amide bonds. The number of carbonyl (C=O) groups excluding carboxylic acids is 2. The monoisotopic (exact) mass is 420 g/mol. The standard InChI is InChI=1S/C24H28N4O3/c1-14(2)28-21(11-12-25-28)27-23(29)16(4)31-24(30)22-17-7-5-6-8-19(17)26-20-10-9-15(3)13-18(20)22/h9-14,16H,5-8H2,1-4H3,(H,27,29). The lowest BCUT2D eigenvalue weighted by Gasteiger charge is -2.21. The number of rotatable bonds is 5. The summed E-state index contributed by atoms with van der Waals surface area (Å²) in [4.78, 5) is 30.8. The van der Waals surface area contributed by atoms with E-state index in [1.165, 1.54) is 0 Å². The molecule has 0 saturated heterocycles. The number of pyridine rings is 1. The first-order valence-electron chi connectivity index (χ1n) is 10.8. The molecule has 0 spiro atoms. The number of benzene rings is 1. The van der Waals surface area contributed by atoms with Gasteiger partial charge in [0.05, 0.1) is 17.3 Å². The Labute approximate surface area is 181 Å². The largest absolute Gasteiger partial charge is 0.449 e. The highest BCUT2D eigenvalue weighted by Crippen LogP contribution is 2.30. The van der Waals surface area contributed by atoms with Crippen molar-refractivity contribution in [1.29, 1.82) is 0 Å². The fourth-order valence-electron chi connectivity index (χ4n) is 4.10. The SMILES string of the molecule is Cc1ccc2nc3c(c(C(=O)OC(C)C(=O)Nc4ccnn4C(C)C)c2c1)CCCC3. The molecule has 0 aliphatic heterocycles. The molecule has 1 unspecified atom stereocenters. The Hall–Kier alpha value is -3.22. The van der Waals surface area contributed by atoms with Gasteiger partial charge >= 0.3 is 5.97 Å². The Kier molecular flexibility index (Phi) is 5.76. The lowest BCUT2D eigenvalue weighted by atomic mass is 9.89. The van der Waals surface area contributed by atoms with Crippen LogP contribution in [0.2, 0.25) is 0 Å². The first-order valence-corrected chi connectivity index (χ1v) is 10.8. The van der Waals surface area contributed by atoms with E-state index in [2.05, 4.69) is 10.4 Å². The van der Waals surface area contributed by atoms with Crippen molar-refractivity contribution in [3.8, 4) is 0 Å². The summed E-state index contributed by atoms with van der Waals surface area (Å²) < 4.78 is 7.36. The maximum absolute atomic E-state index is 13.3. The molecule has 1 N–H and O–H groups in total. The number of hydrogen-bond acceptors (Lipinski definition) is 5. The Bertz CT molecular complexity index is 1150. The summed E-state index contributed by atoms with van der Waals surface area (Å²) in [6, 6.07) is 7.73. The molecule has 4 rings (SSSR count). The highest BCUT2D eigenvalue weighted by molar-refractivity contribution is 6.06. The van der Waals surface area contributed by atoms with Crippen molar-refractivity contribution < 1.29 is 14.3 Å². The summed E-state index contributed by atoms with van der Waals surface area (Å²) in [5.74, 6) is -0.291.